The topological polar surface area (TPSA) is 82.4 Å². The van der Waals surface area contributed by atoms with Gasteiger partial charge >= 0.3 is 0 Å². The average molecular weight is 440 g/mol. The van der Waals surface area contributed by atoms with Gasteiger partial charge in [0.15, 0.2) is 0 Å². The molecule has 0 amide bonds. The van der Waals surface area contributed by atoms with Gasteiger partial charge in [-0.05, 0) is 25.7 Å². The van der Waals surface area contributed by atoms with Crippen LogP contribution in [0.25, 0.3) is 4.13 Å². The highest BCUT2D eigenvalue weighted by Gasteiger charge is 2.34. The summed E-state index contributed by atoms with van der Waals surface area (Å²) < 4.78 is 60.1. The molecule has 0 aliphatic carbocycles. The second-order valence-electron chi connectivity index (χ2n) is 6.55. The zero-order valence-electron chi connectivity index (χ0n) is 16.6. The van der Waals surface area contributed by atoms with E-state index in [0.717, 1.165) is 4.13 Å². The molecule has 0 saturated carbocycles. The fourth-order valence-electron chi connectivity index (χ4n) is 2.75. The molecule has 0 aliphatic heterocycles. The first-order valence-corrected chi connectivity index (χ1v) is 14.6. The van der Waals surface area contributed by atoms with Crippen LogP contribution in [0.15, 0.2) is 0 Å². The summed E-state index contributed by atoms with van der Waals surface area (Å²) in [6.07, 6.45) is 17.9. The second-order valence-corrected chi connectivity index (χ2v) is 13.3. The summed E-state index contributed by atoms with van der Waals surface area (Å²) in [6, 6.07) is 0. The molecule has 0 unspecified atom stereocenters. The second kappa shape index (κ2) is 15.1. The zero-order valence-corrected chi connectivity index (χ0v) is 19.1. The Morgan fingerprint density at radius 1 is 0.615 bits per heavy atom. The predicted molar refractivity (Wildman–Crippen MR) is 109 cm³/mol. The first-order chi connectivity index (χ1) is 11.9. The molecule has 0 radical (unpaired) electrons. The van der Waals surface area contributed by atoms with E-state index in [4.69, 9.17) is 0 Å². The molecule has 5 nitrogen and oxygen atoms in total. The van der Waals surface area contributed by atoms with Crippen LogP contribution in [-0.2, 0) is 20.8 Å². The maximum absolute atomic E-state index is 11.1. The van der Waals surface area contributed by atoms with Crippen molar-refractivity contribution in [3.63, 3.8) is 0 Å². The van der Waals surface area contributed by atoms with Crippen LogP contribution in [0, 0.1) is 0 Å². The van der Waals surface area contributed by atoms with Gasteiger partial charge in [-0.3, -0.25) is 0 Å². The van der Waals surface area contributed by atoms with Gasteiger partial charge in [-0.1, -0.05) is 53.4 Å². The number of hydrogen-bond acceptors (Lipinski definition) is 4. The van der Waals surface area contributed by atoms with Crippen LogP contribution in [0.2, 0.25) is 0 Å². The van der Waals surface area contributed by atoms with Crippen molar-refractivity contribution in [2.24, 2.45) is 0 Å². The minimum Gasteiger partial charge on any atom is -0.379 e. The third-order valence-corrected chi connectivity index (χ3v) is 10.6. The smallest absolute Gasteiger partial charge is 0.241 e. The lowest BCUT2D eigenvalue weighted by molar-refractivity contribution is 0.551. The van der Waals surface area contributed by atoms with Crippen LogP contribution in [0.5, 0.6) is 0 Å². The Morgan fingerprint density at radius 2 is 0.846 bits per heavy atom. The highest BCUT2D eigenvalue weighted by molar-refractivity contribution is 8.07. The Labute approximate surface area is 160 Å². The highest BCUT2D eigenvalue weighted by Crippen LogP contribution is 2.61. The van der Waals surface area contributed by atoms with Gasteiger partial charge in [0.25, 0.3) is 0 Å². The van der Waals surface area contributed by atoms with Gasteiger partial charge in [-0.25, -0.2) is 16.8 Å². The number of unbranched alkanes of at least 4 members (excludes halogenated alkanes) is 4. The Morgan fingerprint density at radius 3 is 0.962 bits per heavy atom. The van der Waals surface area contributed by atoms with Crippen molar-refractivity contribution in [2.75, 3.05) is 24.6 Å². The van der Waals surface area contributed by atoms with Gasteiger partial charge in [0.1, 0.15) is 0 Å². The third-order valence-electron chi connectivity index (χ3n) is 4.12. The van der Waals surface area contributed by atoms with Gasteiger partial charge in [0, 0.05) is 7.26 Å². The lowest BCUT2D eigenvalue weighted by Gasteiger charge is -2.28. The standard InChI is InChI=1S/C16H36P.F2NO4S2/c1-5-9-13-17(14-10-6-2,15-11-7-3)16-12-8-4;1-8(4,5)3-9(2,6)7/h5-16H2,1-4H3;/q+1;-1. The molecule has 0 aliphatic rings. The van der Waals surface area contributed by atoms with Crippen molar-refractivity contribution < 1.29 is 24.6 Å². The fourth-order valence-corrected chi connectivity index (χ4v) is 8.89. The largest absolute Gasteiger partial charge is 0.379 e. The van der Waals surface area contributed by atoms with Crippen molar-refractivity contribution in [3.05, 3.63) is 4.13 Å². The molecule has 0 bridgehead atoms. The van der Waals surface area contributed by atoms with Gasteiger partial charge in [0.2, 0.25) is 20.8 Å². The van der Waals surface area contributed by atoms with Crippen molar-refractivity contribution in [1.29, 1.82) is 0 Å². The Balaban J connectivity index is 0. The van der Waals surface area contributed by atoms with Crippen molar-refractivity contribution in [3.8, 4) is 0 Å². The molecule has 0 saturated heterocycles. The Bertz CT molecular complexity index is 475. The third kappa shape index (κ3) is 18.9. The number of halogens is 2. The normalized spacial score (nSPS) is 12.5. The molecule has 0 atom stereocenters. The summed E-state index contributed by atoms with van der Waals surface area (Å²) in [5.74, 6) is 0. The fraction of sp³-hybridized carbons (Fsp3) is 1.00. The minimum atomic E-state index is -5.62. The summed E-state index contributed by atoms with van der Waals surface area (Å²) in [5.41, 5.74) is 0. The molecule has 0 rings (SSSR count). The molecule has 0 aromatic carbocycles. The molecule has 26 heavy (non-hydrogen) atoms. The van der Waals surface area contributed by atoms with E-state index >= 15 is 0 Å². The molecular weight excluding hydrogens is 403 g/mol. The average Bonchev–Trinajstić information content (AvgIpc) is 2.50. The number of nitrogens with zero attached hydrogens (tertiary/aromatic N) is 1. The van der Waals surface area contributed by atoms with E-state index in [1.54, 1.807) is 24.6 Å². The van der Waals surface area contributed by atoms with E-state index in [1.807, 2.05) is 0 Å². The predicted octanol–water partition coefficient (Wildman–Crippen LogP) is 5.99. The van der Waals surface area contributed by atoms with Crippen LogP contribution in [0.3, 0.4) is 0 Å². The van der Waals surface area contributed by atoms with Crippen LogP contribution < -0.4 is 0 Å². The molecule has 0 spiro atoms. The SMILES string of the molecule is CCCC[P+](CCCC)(CCCC)CCCC.O=S(=O)(F)[N-]S(=O)(=O)F. The molecule has 0 fully saturated rings. The van der Waals surface area contributed by atoms with Crippen LogP contribution in [0.1, 0.15) is 79.1 Å². The summed E-state index contributed by atoms with van der Waals surface area (Å²) in [4.78, 5) is 0. The first kappa shape index (κ1) is 28.4. The van der Waals surface area contributed by atoms with Gasteiger partial charge in [-0.2, -0.15) is 0 Å². The van der Waals surface area contributed by atoms with Crippen molar-refractivity contribution >= 4 is 28.1 Å². The van der Waals surface area contributed by atoms with E-state index in [2.05, 4.69) is 27.7 Å². The monoisotopic (exact) mass is 439 g/mol. The summed E-state index contributed by atoms with van der Waals surface area (Å²) in [5, 5.41) is 0. The maximum Gasteiger partial charge on any atom is 0.241 e. The molecule has 160 valence electrons. The molecule has 0 aromatic heterocycles. The number of rotatable bonds is 14. The van der Waals surface area contributed by atoms with Crippen LogP contribution in [-0.4, -0.2) is 41.5 Å². The Hall–Kier alpha value is 0.150. The Kier molecular flexibility index (Phi) is 16.5. The summed E-state index contributed by atoms with van der Waals surface area (Å²) in [6.45, 7) is 9.42. The first-order valence-electron chi connectivity index (χ1n) is 9.43. The lowest BCUT2D eigenvalue weighted by atomic mass is 10.4. The van der Waals surface area contributed by atoms with Crippen molar-refractivity contribution in [2.45, 2.75) is 79.1 Å². The van der Waals surface area contributed by atoms with Gasteiger partial charge in [-0.15, -0.1) is 7.77 Å². The van der Waals surface area contributed by atoms with E-state index in [9.17, 15) is 24.6 Å². The van der Waals surface area contributed by atoms with E-state index in [1.165, 1.54) is 51.4 Å². The molecule has 10 heteroatoms. The van der Waals surface area contributed by atoms with E-state index in [-0.39, 0.29) is 0 Å². The number of hydrogen-bond donors (Lipinski definition) is 0. The summed E-state index contributed by atoms with van der Waals surface area (Å²) >= 11 is 0. The van der Waals surface area contributed by atoms with E-state index in [0.29, 0.717) is 0 Å². The highest BCUT2D eigenvalue weighted by atomic mass is 32.3. The lowest BCUT2D eigenvalue weighted by Crippen LogP contribution is -2.12. The quantitative estimate of drug-likeness (QED) is 0.246. The molecule has 0 aromatic rings. The van der Waals surface area contributed by atoms with Gasteiger partial charge < -0.3 is 4.13 Å². The summed E-state index contributed by atoms with van der Waals surface area (Å²) in [7, 11) is -11.8. The van der Waals surface area contributed by atoms with Crippen LogP contribution in [0.4, 0.5) is 7.77 Å². The minimum absolute atomic E-state index is 0.562. The van der Waals surface area contributed by atoms with Gasteiger partial charge in [0.05, 0.1) is 24.6 Å². The zero-order chi connectivity index (χ0) is 20.7. The van der Waals surface area contributed by atoms with E-state index < -0.39 is 28.1 Å². The maximum atomic E-state index is 11.1. The van der Waals surface area contributed by atoms with Crippen LogP contribution >= 0.6 is 7.26 Å². The van der Waals surface area contributed by atoms with Crippen molar-refractivity contribution in [1.82, 2.24) is 0 Å². The molecular formula is C16H36F2NO4PS2. The molecule has 0 heterocycles. The molecule has 0 N–H and O–H groups in total.